The van der Waals surface area contributed by atoms with Crippen LogP contribution in [0, 0.1) is 6.92 Å². The summed E-state index contributed by atoms with van der Waals surface area (Å²) in [5, 5.41) is 3.45. The summed E-state index contributed by atoms with van der Waals surface area (Å²) < 4.78 is 38.9. The Morgan fingerprint density at radius 1 is 1.12 bits per heavy atom. The molecule has 0 bridgehead atoms. The van der Waals surface area contributed by atoms with E-state index < -0.39 is 17.3 Å². The summed E-state index contributed by atoms with van der Waals surface area (Å²) in [5.74, 6) is 0.121. The lowest BCUT2D eigenvalue weighted by atomic mass is 10.0. The van der Waals surface area contributed by atoms with E-state index in [1.54, 1.807) is 24.3 Å². The number of aromatic amines is 1. The number of alkyl halides is 3. The Balaban J connectivity index is 2.04. The number of H-pyrrole nitrogens is 1. The van der Waals surface area contributed by atoms with Gasteiger partial charge in [0.25, 0.3) is 5.56 Å². The monoisotopic (exact) mass is 379 g/mol. The third-order valence-corrected chi connectivity index (χ3v) is 3.97. The zero-order valence-electron chi connectivity index (χ0n) is 13.5. The highest BCUT2D eigenvalue weighted by Gasteiger charge is 2.30. The van der Waals surface area contributed by atoms with Gasteiger partial charge in [-0.1, -0.05) is 23.7 Å². The summed E-state index contributed by atoms with van der Waals surface area (Å²) in [4.78, 5) is 19.0. The molecule has 0 spiro atoms. The fourth-order valence-electron chi connectivity index (χ4n) is 2.39. The van der Waals surface area contributed by atoms with Crippen LogP contribution in [-0.2, 0) is 6.18 Å². The van der Waals surface area contributed by atoms with Gasteiger partial charge in [-0.2, -0.15) is 13.2 Å². The molecule has 0 saturated carbocycles. The van der Waals surface area contributed by atoms with Gasteiger partial charge in [0.2, 0.25) is 5.95 Å². The maximum Gasteiger partial charge on any atom is 0.416 e. The first kappa shape index (κ1) is 18.0. The lowest BCUT2D eigenvalue weighted by molar-refractivity contribution is -0.137. The van der Waals surface area contributed by atoms with E-state index in [9.17, 15) is 18.0 Å². The van der Waals surface area contributed by atoms with Crippen LogP contribution in [-0.4, -0.2) is 9.97 Å². The molecule has 0 amide bonds. The first-order chi connectivity index (χ1) is 12.2. The van der Waals surface area contributed by atoms with Gasteiger partial charge in [0.15, 0.2) is 0 Å². The number of hydrogen-bond acceptors (Lipinski definition) is 3. The molecule has 2 aromatic carbocycles. The SMILES string of the molecule is Cc1c(-c2cccc(C(F)(F)F)c2)nc(Nc2ccc(Cl)cc2)[nH]c1=O. The van der Waals surface area contributed by atoms with Gasteiger partial charge in [-0.05, 0) is 43.3 Å². The van der Waals surface area contributed by atoms with Gasteiger partial charge in [-0.25, -0.2) is 4.98 Å². The molecule has 0 aliphatic heterocycles. The molecule has 3 aromatic rings. The minimum Gasteiger partial charge on any atom is -0.326 e. The second kappa shape index (κ2) is 6.84. The molecule has 1 heterocycles. The van der Waals surface area contributed by atoms with Crippen LogP contribution in [0.2, 0.25) is 5.02 Å². The second-order valence-electron chi connectivity index (χ2n) is 5.60. The van der Waals surface area contributed by atoms with Crippen LogP contribution in [0.1, 0.15) is 11.1 Å². The Labute approximate surface area is 151 Å². The van der Waals surface area contributed by atoms with E-state index in [1.807, 2.05) is 0 Å². The Morgan fingerprint density at radius 2 is 1.81 bits per heavy atom. The number of halogens is 4. The van der Waals surface area contributed by atoms with E-state index >= 15 is 0 Å². The van der Waals surface area contributed by atoms with Crippen molar-refractivity contribution in [2.75, 3.05) is 5.32 Å². The number of hydrogen-bond donors (Lipinski definition) is 2. The zero-order valence-corrected chi connectivity index (χ0v) is 14.2. The largest absolute Gasteiger partial charge is 0.416 e. The summed E-state index contributed by atoms with van der Waals surface area (Å²) in [6.07, 6.45) is -4.48. The predicted octanol–water partition coefficient (Wildman–Crippen LogP) is 5.16. The van der Waals surface area contributed by atoms with Crippen molar-refractivity contribution in [3.8, 4) is 11.3 Å². The van der Waals surface area contributed by atoms with E-state index in [0.29, 0.717) is 10.7 Å². The van der Waals surface area contributed by atoms with Crippen LogP contribution >= 0.6 is 11.6 Å². The molecule has 0 unspecified atom stereocenters. The molecule has 8 heteroatoms. The number of benzene rings is 2. The van der Waals surface area contributed by atoms with Crippen LogP contribution in [0.25, 0.3) is 11.3 Å². The smallest absolute Gasteiger partial charge is 0.326 e. The quantitative estimate of drug-likeness (QED) is 0.660. The molecule has 134 valence electrons. The van der Waals surface area contributed by atoms with E-state index in [2.05, 4.69) is 15.3 Å². The summed E-state index contributed by atoms with van der Waals surface area (Å²) in [6, 6.07) is 11.4. The number of rotatable bonds is 3. The number of nitrogens with one attached hydrogen (secondary N) is 2. The predicted molar refractivity (Wildman–Crippen MR) is 94.8 cm³/mol. The van der Waals surface area contributed by atoms with E-state index in [1.165, 1.54) is 19.1 Å². The van der Waals surface area contributed by atoms with Crippen molar-refractivity contribution in [1.82, 2.24) is 9.97 Å². The van der Waals surface area contributed by atoms with Crippen LogP contribution in [0.5, 0.6) is 0 Å². The fraction of sp³-hybridized carbons (Fsp3) is 0.111. The van der Waals surface area contributed by atoms with Gasteiger partial charge in [-0.3, -0.25) is 9.78 Å². The topological polar surface area (TPSA) is 57.8 Å². The third-order valence-electron chi connectivity index (χ3n) is 3.72. The maximum atomic E-state index is 13.0. The molecular weight excluding hydrogens is 367 g/mol. The van der Waals surface area contributed by atoms with Gasteiger partial charge in [0.05, 0.1) is 11.3 Å². The summed E-state index contributed by atoms with van der Waals surface area (Å²) in [5.41, 5.74) is -0.00571. The summed E-state index contributed by atoms with van der Waals surface area (Å²) in [7, 11) is 0. The van der Waals surface area contributed by atoms with Crippen molar-refractivity contribution in [1.29, 1.82) is 0 Å². The molecule has 1 aromatic heterocycles. The van der Waals surface area contributed by atoms with Crippen molar-refractivity contribution in [2.45, 2.75) is 13.1 Å². The molecule has 0 fully saturated rings. The van der Waals surface area contributed by atoms with Crippen molar-refractivity contribution >= 4 is 23.2 Å². The van der Waals surface area contributed by atoms with Crippen LogP contribution in [0.15, 0.2) is 53.3 Å². The fourth-order valence-corrected chi connectivity index (χ4v) is 2.51. The molecule has 0 aliphatic rings. The van der Waals surface area contributed by atoms with Gasteiger partial charge < -0.3 is 5.32 Å². The highest BCUT2D eigenvalue weighted by atomic mass is 35.5. The van der Waals surface area contributed by atoms with Crippen LogP contribution in [0.3, 0.4) is 0 Å². The molecule has 0 aliphatic carbocycles. The van der Waals surface area contributed by atoms with Crippen LogP contribution in [0.4, 0.5) is 24.8 Å². The second-order valence-corrected chi connectivity index (χ2v) is 6.04. The molecule has 0 atom stereocenters. The molecule has 26 heavy (non-hydrogen) atoms. The molecule has 4 nitrogen and oxygen atoms in total. The lowest BCUT2D eigenvalue weighted by Crippen LogP contribution is -2.15. The summed E-state index contributed by atoms with van der Waals surface area (Å²) >= 11 is 5.82. The van der Waals surface area contributed by atoms with Crippen LogP contribution < -0.4 is 10.9 Å². The highest BCUT2D eigenvalue weighted by Crippen LogP contribution is 2.32. The molecule has 0 radical (unpaired) electrons. The lowest BCUT2D eigenvalue weighted by Gasteiger charge is -2.12. The van der Waals surface area contributed by atoms with Crippen molar-refractivity contribution in [3.63, 3.8) is 0 Å². The minimum atomic E-state index is -4.48. The average molecular weight is 380 g/mol. The third kappa shape index (κ3) is 3.88. The molecular formula is C18H13ClF3N3O. The maximum absolute atomic E-state index is 13.0. The van der Waals surface area contributed by atoms with Gasteiger partial charge in [0.1, 0.15) is 0 Å². The Bertz CT molecular complexity index is 998. The normalized spacial score (nSPS) is 11.4. The van der Waals surface area contributed by atoms with Gasteiger partial charge in [0, 0.05) is 21.8 Å². The molecule has 2 N–H and O–H groups in total. The number of aromatic nitrogens is 2. The van der Waals surface area contributed by atoms with E-state index in [0.717, 1.165) is 12.1 Å². The minimum absolute atomic E-state index is 0.121. The molecule has 0 saturated heterocycles. The Morgan fingerprint density at radius 3 is 2.46 bits per heavy atom. The summed E-state index contributed by atoms with van der Waals surface area (Å²) in [6.45, 7) is 1.51. The zero-order chi connectivity index (χ0) is 18.9. The Kier molecular flexibility index (Phi) is 4.73. The Hall–Kier alpha value is -2.80. The standard InChI is InChI=1S/C18H13ClF3N3O/c1-10-15(11-3-2-4-12(9-11)18(20,21)22)24-17(25-16(10)26)23-14-7-5-13(19)6-8-14/h2-9H,1H3,(H2,23,24,25,26). The van der Waals surface area contributed by atoms with E-state index in [-0.39, 0.29) is 22.8 Å². The van der Waals surface area contributed by atoms with Crippen molar-refractivity contribution in [3.05, 3.63) is 75.0 Å². The molecule has 3 rings (SSSR count). The van der Waals surface area contributed by atoms with Crippen molar-refractivity contribution < 1.29 is 13.2 Å². The highest BCUT2D eigenvalue weighted by molar-refractivity contribution is 6.30. The van der Waals surface area contributed by atoms with E-state index in [4.69, 9.17) is 11.6 Å². The first-order valence-electron chi connectivity index (χ1n) is 7.55. The van der Waals surface area contributed by atoms with Gasteiger partial charge in [-0.15, -0.1) is 0 Å². The van der Waals surface area contributed by atoms with Crippen molar-refractivity contribution in [2.24, 2.45) is 0 Å². The number of nitrogens with zero attached hydrogens (tertiary/aromatic N) is 1. The van der Waals surface area contributed by atoms with Gasteiger partial charge >= 0.3 is 6.18 Å². The first-order valence-corrected chi connectivity index (χ1v) is 7.93. The average Bonchev–Trinajstić information content (AvgIpc) is 2.59. The number of anilines is 2.